The van der Waals surface area contributed by atoms with E-state index in [1.165, 1.54) is 31.5 Å². The average molecular weight is 369 g/mol. The standard InChI is InChI=1S/C16H17ClN2O6/c1-3-7-25-16(21)15(13(20)6-8-24-2)12(10-19(22)23)11-4-5-14(17)18-9-11/h3-6,8-9,12,15H,1,7,10H2,2H3/b8-6+/t12-,15?/m0/s1. The second kappa shape index (κ2) is 10.2. The van der Waals surface area contributed by atoms with E-state index in [0.717, 1.165) is 12.3 Å². The van der Waals surface area contributed by atoms with Crippen LogP contribution >= 0.6 is 11.6 Å². The number of allylic oxidation sites excluding steroid dienone is 1. The number of hydrogen-bond donors (Lipinski definition) is 0. The molecule has 0 saturated carbocycles. The molecule has 1 aromatic rings. The molecule has 0 fully saturated rings. The van der Waals surface area contributed by atoms with E-state index in [-0.39, 0.29) is 11.8 Å². The fourth-order valence-corrected chi connectivity index (χ4v) is 2.23. The van der Waals surface area contributed by atoms with Crippen LogP contribution in [0.1, 0.15) is 11.5 Å². The molecule has 0 spiro atoms. The second-order valence-corrected chi connectivity index (χ2v) is 5.26. The number of carbonyl (C=O) groups is 2. The second-order valence-electron chi connectivity index (χ2n) is 4.87. The number of ketones is 1. The van der Waals surface area contributed by atoms with Crippen molar-refractivity contribution in [3.63, 3.8) is 0 Å². The highest BCUT2D eigenvalue weighted by Crippen LogP contribution is 2.28. The molecule has 1 rings (SSSR count). The summed E-state index contributed by atoms with van der Waals surface area (Å²) >= 11 is 5.72. The number of carbonyl (C=O) groups excluding carboxylic acids is 2. The normalized spacial score (nSPS) is 13.0. The Bertz CT molecular complexity index is 659. The molecule has 1 unspecified atom stereocenters. The first kappa shape index (κ1) is 20.3. The zero-order valence-corrected chi connectivity index (χ0v) is 14.2. The number of nitro groups is 1. The van der Waals surface area contributed by atoms with Crippen LogP contribution in [0.3, 0.4) is 0 Å². The summed E-state index contributed by atoms with van der Waals surface area (Å²) in [6.45, 7) is 2.63. The van der Waals surface area contributed by atoms with E-state index in [1.54, 1.807) is 0 Å². The van der Waals surface area contributed by atoms with Gasteiger partial charge in [0.15, 0.2) is 5.78 Å². The van der Waals surface area contributed by atoms with Crippen molar-refractivity contribution >= 4 is 23.4 Å². The van der Waals surface area contributed by atoms with E-state index in [1.807, 2.05) is 0 Å². The molecule has 8 nitrogen and oxygen atoms in total. The maximum atomic E-state index is 12.4. The van der Waals surface area contributed by atoms with Crippen molar-refractivity contribution in [2.24, 2.45) is 5.92 Å². The van der Waals surface area contributed by atoms with Gasteiger partial charge in [-0.05, 0) is 11.6 Å². The van der Waals surface area contributed by atoms with Crippen molar-refractivity contribution in [1.29, 1.82) is 0 Å². The lowest BCUT2D eigenvalue weighted by Crippen LogP contribution is -2.34. The van der Waals surface area contributed by atoms with E-state index in [0.29, 0.717) is 5.56 Å². The fourth-order valence-electron chi connectivity index (χ4n) is 2.12. The van der Waals surface area contributed by atoms with Crippen molar-refractivity contribution in [3.8, 4) is 0 Å². The van der Waals surface area contributed by atoms with E-state index in [4.69, 9.17) is 16.3 Å². The zero-order valence-electron chi connectivity index (χ0n) is 13.5. The van der Waals surface area contributed by atoms with Gasteiger partial charge in [0.25, 0.3) is 0 Å². The summed E-state index contributed by atoms with van der Waals surface area (Å²) in [6, 6.07) is 2.90. The Morgan fingerprint density at radius 2 is 2.20 bits per heavy atom. The maximum Gasteiger partial charge on any atom is 0.318 e. The molecule has 25 heavy (non-hydrogen) atoms. The quantitative estimate of drug-likeness (QED) is 0.0909. The number of methoxy groups -OCH3 is 1. The number of hydrogen-bond acceptors (Lipinski definition) is 7. The van der Waals surface area contributed by atoms with Crippen LogP contribution < -0.4 is 0 Å². The molecule has 0 aliphatic carbocycles. The number of aromatic nitrogens is 1. The SMILES string of the molecule is C=CCOC(=O)C(C(=O)/C=C/OC)[C@@H](C[N+](=O)[O-])c1ccc(Cl)nc1. The monoisotopic (exact) mass is 368 g/mol. The van der Waals surface area contributed by atoms with Gasteiger partial charge in [0.1, 0.15) is 17.7 Å². The Kier molecular flexibility index (Phi) is 8.28. The zero-order chi connectivity index (χ0) is 18.8. The first-order valence-corrected chi connectivity index (χ1v) is 7.52. The van der Waals surface area contributed by atoms with E-state index < -0.39 is 35.1 Å². The highest BCUT2D eigenvalue weighted by Gasteiger charge is 2.39. The third-order valence-electron chi connectivity index (χ3n) is 3.20. The predicted octanol–water partition coefficient (Wildman–Crippen LogP) is 2.17. The molecule has 0 radical (unpaired) electrons. The molecule has 1 heterocycles. The van der Waals surface area contributed by atoms with Crippen molar-refractivity contribution < 1.29 is 24.0 Å². The number of pyridine rings is 1. The Morgan fingerprint density at radius 1 is 1.48 bits per heavy atom. The fraction of sp³-hybridized carbons (Fsp3) is 0.312. The van der Waals surface area contributed by atoms with Crippen LogP contribution in [0.2, 0.25) is 5.15 Å². The van der Waals surface area contributed by atoms with Gasteiger partial charge in [-0.1, -0.05) is 30.3 Å². The van der Waals surface area contributed by atoms with Gasteiger partial charge in [-0.15, -0.1) is 0 Å². The van der Waals surface area contributed by atoms with E-state index in [2.05, 4.69) is 16.3 Å². The summed E-state index contributed by atoms with van der Waals surface area (Å²) in [5, 5.41) is 11.2. The summed E-state index contributed by atoms with van der Waals surface area (Å²) < 4.78 is 9.61. The smallest absolute Gasteiger partial charge is 0.318 e. The molecule has 2 atom stereocenters. The van der Waals surface area contributed by atoms with Gasteiger partial charge in [-0.25, -0.2) is 4.98 Å². The van der Waals surface area contributed by atoms with Gasteiger partial charge in [0.2, 0.25) is 6.54 Å². The minimum atomic E-state index is -1.43. The third kappa shape index (κ3) is 6.34. The highest BCUT2D eigenvalue weighted by molar-refractivity contribution is 6.29. The average Bonchev–Trinajstić information content (AvgIpc) is 2.57. The Labute approximate surface area is 149 Å². The molecule has 1 aromatic heterocycles. The first-order chi connectivity index (χ1) is 11.9. The molecule has 0 aliphatic rings. The number of rotatable bonds is 10. The van der Waals surface area contributed by atoms with Crippen LogP contribution in [-0.4, -0.2) is 41.9 Å². The van der Waals surface area contributed by atoms with Crippen LogP contribution in [0, 0.1) is 16.0 Å². The van der Waals surface area contributed by atoms with Crippen LogP contribution in [0.15, 0.2) is 43.3 Å². The molecule has 0 bridgehead atoms. The molecule has 0 N–H and O–H groups in total. The molecule has 134 valence electrons. The summed E-state index contributed by atoms with van der Waals surface area (Å²) in [5.41, 5.74) is 0.320. The van der Waals surface area contributed by atoms with Crippen LogP contribution in [-0.2, 0) is 19.1 Å². The van der Waals surface area contributed by atoms with Gasteiger partial charge in [-0.3, -0.25) is 19.7 Å². The molecule has 0 saturated heterocycles. The summed E-state index contributed by atoms with van der Waals surface area (Å²) in [4.78, 5) is 39.0. The molecule has 9 heteroatoms. The van der Waals surface area contributed by atoms with Crippen molar-refractivity contribution in [1.82, 2.24) is 4.98 Å². The summed E-state index contributed by atoms with van der Waals surface area (Å²) in [7, 11) is 1.33. The van der Waals surface area contributed by atoms with E-state index >= 15 is 0 Å². The summed E-state index contributed by atoms with van der Waals surface area (Å²) in [5.74, 6) is -4.09. The Balaban J connectivity index is 3.29. The van der Waals surface area contributed by atoms with Gasteiger partial charge >= 0.3 is 5.97 Å². The molecule has 0 aromatic carbocycles. The number of nitrogens with zero attached hydrogens (tertiary/aromatic N) is 2. The topological polar surface area (TPSA) is 109 Å². The van der Waals surface area contributed by atoms with Crippen LogP contribution in [0.5, 0.6) is 0 Å². The van der Waals surface area contributed by atoms with Crippen LogP contribution in [0.4, 0.5) is 0 Å². The lowest BCUT2D eigenvalue weighted by molar-refractivity contribution is -0.484. The van der Waals surface area contributed by atoms with Crippen molar-refractivity contribution in [2.45, 2.75) is 5.92 Å². The summed E-state index contributed by atoms with van der Waals surface area (Å²) in [6.07, 6.45) is 4.73. The lowest BCUT2D eigenvalue weighted by atomic mass is 9.83. The number of halogens is 1. The maximum absolute atomic E-state index is 12.4. The minimum absolute atomic E-state index is 0.124. The minimum Gasteiger partial charge on any atom is -0.504 e. The number of esters is 1. The van der Waals surface area contributed by atoms with Gasteiger partial charge in [0.05, 0.1) is 19.3 Å². The van der Waals surface area contributed by atoms with Crippen LogP contribution in [0.25, 0.3) is 0 Å². The van der Waals surface area contributed by atoms with Gasteiger partial charge in [-0.2, -0.15) is 0 Å². The Morgan fingerprint density at radius 3 is 2.72 bits per heavy atom. The molecular formula is C16H17ClN2O6. The van der Waals surface area contributed by atoms with E-state index in [9.17, 15) is 19.7 Å². The van der Waals surface area contributed by atoms with Gasteiger partial charge in [0, 0.05) is 17.2 Å². The Hall–Kier alpha value is -2.74. The predicted molar refractivity (Wildman–Crippen MR) is 89.7 cm³/mol. The molecule has 0 amide bonds. The van der Waals surface area contributed by atoms with Crippen molar-refractivity contribution in [2.75, 3.05) is 20.3 Å². The third-order valence-corrected chi connectivity index (χ3v) is 3.42. The highest BCUT2D eigenvalue weighted by atomic mass is 35.5. The first-order valence-electron chi connectivity index (χ1n) is 7.14. The lowest BCUT2D eigenvalue weighted by Gasteiger charge is -2.21. The van der Waals surface area contributed by atoms with Gasteiger partial charge < -0.3 is 9.47 Å². The molecule has 0 aliphatic heterocycles. The van der Waals surface area contributed by atoms with Crippen molar-refractivity contribution in [3.05, 3.63) is 64.2 Å². The molecular weight excluding hydrogens is 352 g/mol. The largest absolute Gasteiger partial charge is 0.504 e. The number of ether oxygens (including phenoxy) is 2.